The molecule has 0 aliphatic rings. The number of para-hydroxylation sites is 1. The van der Waals surface area contributed by atoms with E-state index in [1.54, 1.807) is 30.3 Å². The summed E-state index contributed by atoms with van der Waals surface area (Å²) < 4.78 is 28.1. The summed E-state index contributed by atoms with van der Waals surface area (Å²) in [6.45, 7) is 2.92. The van der Waals surface area contributed by atoms with Crippen LogP contribution in [0.2, 0.25) is 0 Å². The Morgan fingerprint density at radius 1 is 0.906 bits per heavy atom. The van der Waals surface area contributed by atoms with Gasteiger partial charge in [0.1, 0.15) is 0 Å². The van der Waals surface area contributed by atoms with E-state index in [0.29, 0.717) is 18.8 Å². The molecule has 0 amide bonds. The molecule has 0 spiro atoms. The molecule has 0 aromatic heterocycles. The zero-order chi connectivity index (χ0) is 23.0. The molecule has 0 atom stereocenters. The Morgan fingerprint density at radius 3 is 2.25 bits per heavy atom. The maximum Gasteiger partial charge on any atom is 0.264 e. The predicted molar refractivity (Wildman–Crippen MR) is 131 cm³/mol. The normalized spacial score (nSPS) is 11.9. The molecule has 3 aromatic rings. The number of benzene rings is 3. The number of rotatable bonds is 10. The number of aliphatic hydroxyl groups excluding tert-OH is 1. The van der Waals surface area contributed by atoms with E-state index in [0.717, 1.165) is 16.7 Å². The van der Waals surface area contributed by atoms with Gasteiger partial charge in [0.2, 0.25) is 0 Å². The SMILES string of the molecule is Cc1ccc(S(=O)(=O)N(CCO)c2ccccc2CN(C)C/C=C/c2ccccc2)cc1. The Kier molecular flexibility index (Phi) is 8.22. The van der Waals surface area contributed by atoms with Crippen LogP contribution in [0, 0.1) is 6.92 Å². The van der Waals surface area contributed by atoms with Gasteiger partial charge in [0.05, 0.1) is 23.7 Å². The smallest absolute Gasteiger partial charge is 0.264 e. The first kappa shape index (κ1) is 23.7. The third-order valence-electron chi connectivity index (χ3n) is 5.14. The van der Waals surface area contributed by atoms with Crippen LogP contribution in [0.1, 0.15) is 16.7 Å². The van der Waals surface area contributed by atoms with Crippen molar-refractivity contribution in [2.75, 3.05) is 31.0 Å². The molecule has 1 N–H and O–H groups in total. The van der Waals surface area contributed by atoms with Gasteiger partial charge in [-0.05, 0) is 43.3 Å². The lowest BCUT2D eigenvalue weighted by atomic mass is 10.1. The Morgan fingerprint density at radius 2 is 1.56 bits per heavy atom. The third-order valence-corrected chi connectivity index (χ3v) is 6.97. The molecular formula is C26H30N2O3S. The first-order valence-corrected chi connectivity index (χ1v) is 12.0. The largest absolute Gasteiger partial charge is 0.394 e. The third kappa shape index (κ3) is 6.07. The van der Waals surface area contributed by atoms with Crippen molar-refractivity contribution in [2.24, 2.45) is 0 Å². The van der Waals surface area contributed by atoms with Crippen molar-refractivity contribution >= 4 is 21.8 Å². The van der Waals surface area contributed by atoms with Crippen LogP contribution >= 0.6 is 0 Å². The van der Waals surface area contributed by atoms with Crippen molar-refractivity contribution in [3.63, 3.8) is 0 Å². The van der Waals surface area contributed by atoms with Crippen molar-refractivity contribution in [3.8, 4) is 0 Å². The molecule has 0 radical (unpaired) electrons. The first-order valence-electron chi connectivity index (χ1n) is 10.6. The minimum Gasteiger partial charge on any atom is -0.394 e. The van der Waals surface area contributed by atoms with Gasteiger partial charge in [-0.2, -0.15) is 0 Å². The number of aryl methyl sites for hydroxylation is 1. The van der Waals surface area contributed by atoms with E-state index in [-0.39, 0.29) is 18.0 Å². The summed E-state index contributed by atoms with van der Waals surface area (Å²) in [6, 6.07) is 24.3. The Labute approximate surface area is 191 Å². The standard InChI is InChI=1S/C26H30N2O3S/c1-22-14-16-25(17-15-22)32(30,31)28(19-20-29)26-13-7-6-12-24(26)21-27(2)18-8-11-23-9-4-3-5-10-23/h3-17,29H,18-21H2,1-2H3/b11-8+. The highest BCUT2D eigenvalue weighted by Crippen LogP contribution is 2.28. The molecule has 5 nitrogen and oxygen atoms in total. The fourth-order valence-corrected chi connectivity index (χ4v) is 4.97. The second kappa shape index (κ2) is 11.1. The quantitative estimate of drug-likeness (QED) is 0.500. The number of anilines is 1. The second-order valence-electron chi connectivity index (χ2n) is 7.75. The Bertz CT molecular complexity index is 1130. The molecule has 0 unspecified atom stereocenters. The van der Waals surface area contributed by atoms with Gasteiger partial charge in [-0.25, -0.2) is 8.42 Å². The highest BCUT2D eigenvalue weighted by Gasteiger charge is 2.26. The van der Waals surface area contributed by atoms with Crippen molar-refractivity contribution < 1.29 is 13.5 Å². The monoisotopic (exact) mass is 450 g/mol. The Balaban J connectivity index is 1.82. The Hall–Kier alpha value is -2.93. The van der Waals surface area contributed by atoms with Gasteiger partial charge in [-0.3, -0.25) is 9.21 Å². The minimum absolute atomic E-state index is 0.00908. The van der Waals surface area contributed by atoms with Crippen LogP contribution in [0.5, 0.6) is 0 Å². The average molecular weight is 451 g/mol. The van der Waals surface area contributed by atoms with Gasteiger partial charge in [0.15, 0.2) is 0 Å². The van der Waals surface area contributed by atoms with Crippen LogP contribution in [0.3, 0.4) is 0 Å². The van der Waals surface area contributed by atoms with E-state index in [4.69, 9.17) is 0 Å². The van der Waals surface area contributed by atoms with Crippen LogP contribution in [0.25, 0.3) is 6.08 Å². The number of aliphatic hydroxyl groups is 1. The summed E-state index contributed by atoms with van der Waals surface area (Å²) >= 11 is 0. The topological polar surface area (TPSA) is 60.9 Å². The van der Waals surface area contributed by atoms with E-state index in [1.807, 2.05) is 50.4 Å². The highest BCUT2D eigenvalue weighted by molar-refractivity contribution is 7.92. The summed E-state index contributed by atoms with van der Waals surface area (Å²) in [5, 5.41) is 9.62. The van der Waals surface area contributed by atoms with Crippen molar-refractivity contribution in [1.29, 1.82) is 0 Å². The molecule has 0 heterocycles. The second-order valence-corrected chi connectivity index (χ2v) is 9.61. The summed E-state index contributed by atoms with van der Waals surface area (Å²) in [4.78, 5) is 2.33. The zero-order valence-corrected chi connectivity index (χ0v) is 19.4. The first-order chi connectivity index (χ1) is 15.4. The van der Waals surface area contributed by atoms with Gasteiger partial charge in [-0.15, -0.1) is 0 Å². The van der Waals surface area contributed by atoms with Crippen LogP contribution in [-0.4, -0.2) is 45.2 Å². The lowest BCUT2D eigenvalue weighted by Gasteiger charge is -2.27. The molecule has 0 aliphatic carbocycles. The summed E-state index contributed by atoms with van der Waals surface area (Å²) in [5.41, 5.74) is 3.59. The molecule has 168 valence electrons. The van der Waals surface area contributed by atoms with Crippen molar-refractivity contribution in [1.82, 2.24) is 4.90 Å². The van der Waals surface area contributed by atoms with E-state index in [1.165, 1.54) is 4.31 Å². The minimum atomic E-state index is -3.80. The molecule has 32 heavy (non-hydrogen) atoms. The molecule has 0 saturated carbocycles. The highest BCUT2D eigenvalue weighted by atomic mass is 32.2. The molecule has 3 rings (SSSR count). The summed E-state index contributed by atoms with van der Waals surface area (Å²) in [5.74, 6) is 0. The van der Waals surface area contributed by atoms with Crippen molar-refractivity contribution in [2.45, 2.75) is 18.4 Å². The lowest BCUT2D eigenvalue weighted by molar-refractivity contribution is 0.306. The fraction of sp³-hybridized carbons (Fsp3) is 0.231. The number of hydrogen-bond donors (Lipinski definition) is 1. The van der Waals surface area contributed by atoms with E-state index in [9.17, 15) is 13.5 Å². The maximum absolute atomic E-state index is 13.4. The predicted octanol–water partition coefficient (Wildman–Crippen LogP) is 4.33. The lowest BCUT2D eigenvalue weighted by Crippen LogP contribution is -2.35. The number of likely N-dealkylation sites (N-methyl/N-ethyl adjacent to an activating group) is 1. The molecule has 0 fully saturated rings. The fourth-order valence-electron chi connectivity index (χ4n) is 3.47. The number of hydrogen-bond acceptors (Lipinski definition) is 4. The van der Waals surface area contributed by atoms with Gasteiger partial charge in [-0.1, -0.05) is 78.4 Å². The zero-order valence-electron chi connectivity index (χ0n) is 18.6. The number of sulfonamides is 1. The number of nitrogens with zero attached hydrogens (tertiary/aromatic N) is 2. The van der Waals surface area contributed by atoms with Crippen LogP contribution in [-0.2, 0) is 16.6 Å². The van der Waals surface area contributed by atoms with E-state index >= 15 is 0 Å². The molecule has 3 aromatic carbocycles. The summed E-state index contributed by atoms with van der Waals surface area (Å²) in [6.07, 6.45) is 4.16. The van der Waals surface area contributed by atoms with Crippen LogP contribution in [0.15, 0.2) is 89.8 Å². The maximum atomic E-state index is 13.4. The van der Waals surface area contributed by atoms with Gasteiger partial charge in [0, 0.05) is 13.1 Å². The molecular weight excluding hydrogens is 420 g/mol. The average Bonchev–Trinajstić information content (AvgIpc) is 2.79. The molecule has 0 saturated heterocycles. The molecule has 0 bridgehead atoms. The molecule has 0 aliphatic heterocycles. The van der Waals surface area contributed by atoms with E-state index in [2.05, 4.69) is 29.2 Å². The van der Waals surface area contributed by atoms with Crippen LogP contribution in [0.4, 0.5) is 5.69 Å². The van der Waals surface area contributed by atoms with Crippen molar-refractivity contribution in [3.05, 3.63) is 102 Å². The molecule has 6 heteroatoms. The van der Waals surface area contributed by atoms with Gasteiger partial charge >= 0.3 is 0 Å². The van der Waals surface area contributed by atoms with Gasteiger partial charge in [0.25, 0.3) is 10.0 Å². The van der Waals surface area contributed by atoms with E-state index < -0.39 is 10.0 Å². The summed E-state index contributed by atoms with van der Waals surface area (Å²) in [7, 11) is -1.81. The van der Waals surface area contributed by atoms with Gasteiger partial charge < -0.3 is 5.11 Å². The van der Waals surface area contributed by atoms with Crippen LogP contribution < -0.4 is 4.31 Å².